The number of rotatable bonds is 10. The summed E-state index contributed by atoms with van der Waals surface area (Å²) in [6, 6.07) is -0.989. The zero-order chi connectivity index (χ0) is 16.4. The standard InChI is InChI=1S/C14H24N2O5/c1-5-6-9-21-11(3)13(18)16(10(2)14(19)20)8-7-15-12(4)17/h5,10-11H,1,6-9H2,2-4H3,(H,15,17)(H,19,20). The molecule has 2 amide bonds. The Kier molecular flexibility index (Phi) is 9.03. The second-order valence-corrected chi connectivity index (χ2v) is 4.62. The van der Waals surface area contributed by atoms with Gasteiger partial charge in [0.25, 0.3) is 5.91 Å². The highest BCUT2D eigenvalue weighted by Crippen LogP contribution is 2.06. The van der Waals surface area contributed by atoms with Gasteiger partial charge in [0.2, 0.25) is 5.91 Å². The Morgan fingerprint density at radius 2 is 2.00 bits per heavy atom. The van der Waals surface area contributed by atoms with Crippen LogP contribution in [0.5, 0.6) is 0 Å². The van der Waals surface area contributed by atoms with E-state index in [4.69, 9.17) is 9.84 Å². The Balaban J connectivity index is 4.68. The van der Waals surface area contributed by atoms with Crippen molar-refractivity contribution in [2.75, 3.05) is 19.7 Å². The van der Waals surface area contributed by atoms with Gasteiger partial charge in [0.15, 0.2) is 0 Å². The van der Waals surface area contributed by atoms with Crippen molar-refractivity contribution in [3.8, 4) is 0 Å². The minimum absolute atomic E-state index is 0.112. The third kappa shape index (κ3) is 7.45. The molecule has 0 aliphatic rings. The van der Waals surface area contributed by atoms with Gasteiger partial charge in [-0.3, -0.25) is 9.59 Å². The van der Waals surface area contributed by atoms with E-state index in [0.29, 0.717) is 13.0 Å². The number of amides is 2. The molecule has 0 fully saturated rings. The Hall–Kier alpha value is -1.89. The number of hydrogen-bond acceptors (Lipinski definition) is 4. The first-order chi connectivity index (χ1) is 9.81. The maximum absolute atomic E-state index is 12.3. The number of carboxylic acids is 1. The van der Waals surface area contributed by atoms with Gasteiger partial charge in [-0.1, -0.05) is 6.08 Å². The van der Waals surface area contributed by atoms with Gasteiger partial charge in [-0.2, -0.15) is 0 Å². The van der Waals surface area contributed by atoms with E-state index in [2.05, 4.69) is 11.9 Å². The van der Waals surface area contributed by atoms with Crippen LogP contribution >= 0.6 is 0 Å². The molecule has 2 atom stereocenters. The first-order valence-corrected chi connectivity index (χ1v) is 6.81. The Bertz CT molecular complexity index is 384. The van der Waals surface area contributed by atoms with Crippen molar-refractivity contribution in [1.29, 1.82) is 0 Å². The molecule has 0 aliphatic carbocycles. The highest BCUT2D eigenvalue weighted by Gasteiger charge is 2.28. The van der Waals surface area contributed by atoms with Gasteiger partial charge in [0.1, 0.15) is 12.1 Å². The molecule has 0 aromatic rings. The van der Waals surface area contributed by atoms with Crippen LogP contribution in [0.25, 0.3) is 0 Å². The highest BCUT2D eigenvalue weighted by atomic mass is 16.5. The van der Waals surface area contributed by atoms with E-state index in [1.807, 2.05) is 0 Å². The van der Waals surface area contributed by atoms with E-state index in [9.17, 15) is 14.4 Å². The third-order valence-electron chi connectivity index (χ3n) is 2.87. The zero-order valence-electron chi connectivity index (χ0n) is 12.8. The molecule has 0 aromatic carbocycles. The molecule has 0 saturated heterocycles. The SMILES string of the molecule is C=CCCOC(C)C(=O)N(CCNC(C)=O)C(C)C(=O)O. The largest absolute Gasteiger partial charge is 0.480 e. The van der Waals surface area contributed by atoms with Crippen LogP contribution < -0.4 is 5.32 Å². The van der Waals surface area contributed by atoms with Crippen LogP contribution in [-0.2, 0) is 19.1 Å². The summed E-state index contributed by atoms with van der Waals surface area (Å²) >= 11 is 0. The van der Waals surface area contributed by atoms with Crippen LogP contribution in [0.3, 0.4) is 0 Å². The summed E-state index contributed by atoms with van der Waals surface area (Å²) in [4.78, 5) is 35.4. The molecule has 120 valence electrons. The van der Waals surface area contributed by atoms with Crippen molar-refractivity contribution in [1.82, 2.24) is 10.2 Å². The summed E-state index contributed by atoms with van der Waals surface area (Å²) in [6.07, 6.45) is 1.54. The van der Waals surface area contributed by atoms with Crippen molar-refractivity contribution < 1.29 is 24.2 Å². The topological polar surface area (TPSA) is 95.9 Å². The fourth-order valence-corrected chi connectivity index (χ4v) is 1.61. The fraction of sp³-hybridized carbons (Fsp3) is 0.643. The van der Waals surface area contributed by atoms with Gasteiger partial charge >= 0.3 is 5.97 Å². The minimum atomic E-state index is -1.11. The van der Waals surface area contributed by atoms with Crippen molar-refractivity contribution in [3.05, 3.63) is 12.7 Å². The van der Waals surface area contributed by atoms with Crippen LogP contribution in [0, 0.1) is 0 Å². The number of nitrogens with zero attached hydrogens (tertiary/aromatic N) is 1. The molecule has 0 bridgehead atoms. The van der Waals surface area contributed by atoms with Gasteiger partial charge in [0.05, 0.1) is 6.61 Å². The molecule has 0 aromatic heterocycles. The second kappa shape index (κ2) is 9.93. The van der Waals surface area contributed by atoms with E-state index < -0.39 is 24.0 Å². The lowest BCUT2D eigenvalue weighted by Crippen LogP contribution is -2.50. The number of carboxylic acid groups (broad SMARTS) is 1. The number of aliphatic carboxylic acids is 1. The maximum atomic E-state index is 12.3. The normalized spacial score (nSPS) is 13.1. The number of carbonyl (C=O) groups is 3. The average Bonchev–Trinajstić information content (AvgIpc) is 2.42. The number of carbonyl (C=O) groups excluding carboxylic acids is 2. The van der Waals surface area contributed by atoms with Crippen LogP contribution in [0.15, 0.2) is 12.7 Å². The van der Waals surface area contributed by atoms with Crippen LogP contribution in [0.4, 0.5) is 0 Å². The second-order valence-electron chi connectivity index (χ2n) is 4.62. The van der Waals surface area contributed by atoms with E-state index in [0.717, 1.165) is 0 Å². The Labute approximate surface area is 124 Å². The Morgan fingerprint density at radius 1 is 1.38 bits per heavy atom. The van der Waals surface area contributed by atoms with Crippen LogP contribution in [0.1, 0.15) is 27.2 Å². The van der Waals surface area contributed by atoms with Crippen molar-refractivity contribution in [2.24, 2.45) is 0 Å². The smallest absolute Gasteiger partial charge is 0.326 e. The predicted octanol–water partition coefficient (Wildman–Crippen LogP) is 0.405. The highest BCUT2D eigenvalue weighted by molar-refractivity contribution is 5.86. The monoisotopic (exact) mass is 300 g/mol. The summed E-state index contributed by atoms with van der Waals surface area (Å²) in [5.74, 6) is -1.76. The minimum Gasteiger partial charge on any atom is -0.480 e. The molecule has 2 unspecified atom stereocenters. The third-order valence-corrected chi connectivity index (χ3v) is 2.87. The van der Waals surface area contributed by atoms with Crippen molar-refractivity contribution in [2.45, 2.75) is 39.3 Å². The van der Waals surface area contributed by atoms with E-state index in [1.54, 1.807) is 13.0 Å². The van der Waals surface area contributed by atoms with Crippen molar-refractivity contribution >= 4 is 17.8 Å². The number of hydrogen-bond donors (Lipinski definition) is 2. The molecule has 0 radical (unpaired) electrons. The Morgan fingerprint density at radius 3 is 2.48 bits per heavy atom. The first kappa shape index (κ1) is 19.1. The fourth-order valence-electron chi connectivity index (χ4n) is 1.61. The lowest BCUT2D eigenvalue weighted by molar-refractivity contribution is -0.154. The maximum Gasteiger partial charge on any atom is 0.326 e. The van der Waals surface area contributed by atoms with Gasteiger partial charge < -0.3 is 20.1 Å². The molecule has 0 saturated carbocycles. The summed E-state index contributed by atoms with van der Waals surface area (Å²) in [7, 11) is 0. The summed E-state index contributed by atoms with van der Waals surface area (Å²) < 4.78 is 5.34. The molecular weight excluding hydrogens is 276 g/mol. The molecule has 21 heavy (non-hydrogen) atoms. The zero-order valence-corrected chi connectivity index (χ0v) is 12.8. The van der Waals surface area contributed by atoms with E-state index in [-0.39, 0.29) is 19.0 Å². The first-order valence-electron chi connectivity index (χ1n) is 6.81. The molecule has 2 N–H and O–H groups in total. The van der Waals surface area contributed by atoms with Crippen LogP contribution in [-0.4, -0.2) is 59.6 Å². The molecule has 0 rings (SSSR count). The van der Waals surface area contributed by atoms with Gasteiger partial charge in [0, 0.05) is 20.0 Å². The van der Waals surface area contributed by atoms with Crippen molar-refractivity contribution in [3.63, 3.8) is 0 Å². The molecule has 7 nitrogen and oxygen atoms in total. The van der Waals surface area contributed by atoms with E-state index in [1.165, 1.54) is 18.7 Å². The van der Waals surface area contributed by atoms with Gasteiger partial charge in [-0.25, -0.2) is 4.79 Å². The lowest BCUT2D eigenvalue weighted by atomic mass is 10.2. The number of nitrogens with one attached hydrogen (secondary N) is 1. The molecule has 0 spiro atoms. The molecule has 0 heterocycles. The molecule has 0 aliphatic heterocycles. The van der Waals surface area contributed by atoms with Crippen LogP contribution in [0.2, 0.25) is 0 Å². The average molecular weight is 300 g/mol. The summed E-state index contributed by atoms with van der Waals surface area (Å²) in [5, 5.41) is 11.6. The van der Waals surface area contributed by atoms with Gasteiger partial charge in [-0.15, -0.1) is 6.58 Å². The summed E-state index contributed by atoms with van der Waals surface area (Å²) in [5.41, 5.74) is 0. The quantitative estimate of drug-likeness (QED) is 0.450. The molecule has 7 heteroatoms. The molecular formula is C14H24N2O5. The predicted molar refractivity (Wildman–Crippen MR) is 77.7 cm³/mol. The van der Waals surface area contributed by atoms with Gasteiger partial charge in [-0.05, 0) is 20.3 Å². The number of ether oxygens (including phenoxy) is 1. The summed E-state index contributed by atoms with van der Waals surface area (Å²) in [6.45, 7) is 8.55. The van der Waals surface area contributed by atoms with E-state index >= 15 is 0 Å². The lowest BCUT2D eigenvalue weighted by Gasteiger charge is -2.29.